The van der Waals surface area contributed by atoms with E-state index < -0.39 is 0 Å². The highest BCUT2D eigenvalue weighted by Gasteiger charge is 2.19. The van der Waals surface area contributed by atoms with Gasteiger partial charge in [-0.2, -0.15) is 0 Å². The van der Waals surface area contributed by atoms with E-state index >= 15 is 0 Å². The molecule has 0 bridgehead atoms. The van der Waals surface area contributed by atoms with Crippen LogP contribution < -0.4 is 10.6 Å². The van der Waals surface area contributed by atoms with Crippen LogP contribution in [0.2, 0.25) is 0 Å². The van der Waals surface area contributed by atoms with Crippen LogP contribution in [-0.4, -0.2) is 43.7 Å². The third kappa shape index (κ3) is 3.09. The van der Waals surface area contributed by atoms with E-state index in [2.05, 4.69) is 10.6 Å². The largest absolute Gasteiger partial charge is 0.338 e. The summed E-state index contributed by atoms with van der Waals surface area (Å²) in [6.07, 6.45) is 4.80. The first-order chi connectivity index (χ1) is 7.36. The van der Waals surface area contributed by atoms with Crippen LogP contribution in [0.25, 0.3) is 0 Å². The molecule has 2 N–H and O–H groups in total. The number of piperidine rings is 1. The molecule has 4 nitrogen and oxygen atoms in total. The Hall–Kier alpha value is -0.770. The van der Waals surface area contributed by atoms with Crippen LogP contribution >= 0.6 is 0 Å². The number of rotatable bonds is 2. The highest BCUT2D eigenvalue weighted by Crippen LogP contribution is 2.09. The number of likely N-dealkylation sites (tertiary alicyclic amines) is 1. The summed E-state index contributed by atoms with van der Waals surface area (Å²) < 4.78 is 0. The molecule has 2 saturated heterocycles. The van der Waals surface area contributed by atoms with Gasteiger partial charge in [-0.3, -0.25) is 0 Å². The van der Waals surface area contributed by atoms with Crippen LogP contribution in [-0.2, 0) is 0 Å². The van der Waals surface area contributed by atoms with Gasteiger partial charge in [-0.15, -0.1) is 0 Å². The Morgan fingerprint density at radius 3 is 2.80 bits per heavy atom. The van der Waals surface area contributed by atoms with Gasteiger partial charge < -0.3 is 15.5 Å². The summed E-state index contributed by atoms with van der Waals surface area (Å²) in [6, 6.07) is 0.140. The Morgan fingerprint density at radius 1 is 1.33 bits per heavy atom. The Morgan fingerprint density at radius 2 is 2.13 bits per heavy atom. The maximum atomic E-state index is 11.7. The molecule has 0 aromatic heterocycles. The van der Waals surface area contributed by atoms with Gasteiger partial charge in [0.15, 0.2) is 0 Å². The fraction of sp³-hybridized carbons (Fsp3) is 0.909. The minimum atomic E-state index is 0.140. The predicted molar refractivity (Wildman–Crippen MR) is 59.8 cm³/mol. The van der Waals surface area contributed by atoms with Gasteiger partial charge in [0, 0.05) is 19.6 Å². The highest BCUT2D eigenvalue weighted by atomic mass is 16.2. The number of nitrogens with one attached hydrogen (secondary N) is 2. The van der Waals surface area contributed by atoms with Crippen molar-refractivity contribution in [3.05, 3.63) is 0 Å². The zero-order valence-corrected chi connectivity index (χ0v) is 9.30. The standard InChI is InChI=1S/C11H21N3O/c15-11(14-6-2-1-3-7-14)13-9-10-4-5-12-8-10/h10,12H,1-9H2,(H,13,15). The van der Waals surface area contributed by atoms with E-state index in [0.29, 0.717) is 5.92 Å². The molecular weight excluding hydrogens is 190 g/mol. The van der Waals surface area contributed by atoms with Crippen LogP contribution in [0.3, 0.4) is 0 Å². The molecule has 0 radical (unpaired) electrons. The van der Waals surface area contributed by atoms with Gasteiger partial charge in [0.1, 0.15) is 0 Å². The fourth-order valence-electron chi connectivity index (χ4n) is 2.33. The van der Waals surface area contributed by atoms with Crippen molar-refractivity contribution < 1.29 is 4.79 Å². The van der Waals surface area contributed by atoms with Gasteiger partial charge in [0.05, 0.1) is 0 Å². The first-order valence-electron chi connectivity index (χ1n) is 6.10. The lowest BCUT2D eigenvalue weighted by atomic mass is 10.1. The smallest absolute Gasteiger partial charge is 0.317 e. The number of hydrogen-bond donors (Lipinski definition) is 2. The van der Waals surface area contributed by atoms with Gasteiger partial charge in [0.25, 0.3) is 0 Å². The third-order valence-corrected chi connectivity index (χ3v) is 3.35. The average molecular weight is 211 g/mol. The van der Waals surface area contributed by atoms with E-state index in [1.54, 1.807) is 0 Å². The summed E-state index contributed by atoms with van der Waals surface area (Å²) >= 11 is 0. The van der Waals surface area contributed by atoms with Gasteiger partial charge >= 0.3 is 6.03 Å². The summed E-state index contributed by atoms with van der Waals surface area (Å²) in [5, 5.41) is 6.35. The van der Waals surface area contributed by atoms with Crippen LogP contribution in [0.1, 0.15) is 25.7 Å². The van der Waals surface area contributed by atoms with Crippen LogP contribution in [0.4, 0.5) is 4.79 Å². The number of carbonyl (C=O) groups is 1. The van der Waals surface area contributed by atoms with Crippen LogP contribution in [0.15, 0.2) is 0 Å². The number of carbonyl (C=O) groups excluding carboxylic acids is 1. The van der Waals surface area contributed by atoms with E-state index in [1.165, 1.54) is 25.7 Å². The van der Waals surface area contributed by atoms with E-state index in [-0.39, 0.29) is 6.03 Å². The Labute approximate surface area is 91.4 Å². The van der Waals surface area contributed by atoms with E-state index in [0.717, 1.165) is 32.7 Å². The molecular formula is C11H21N3O. The summed E-state index contributed by atoms with van der Waals surface area (Å²) in [4.78, 5) is 13.7. The molecule has 2 amide bonds. The third-order valence-electron chi connectivity index (χ3n) is 3.35. The quantitative estimate of drug-likeness (QED) is 0.709. The Bertz CT molecular complexity index is 208. The van der Waals surface area contributed by atoms with Gasteiger partial charge in [-0.05, 0) is 44.7 Å². The van der Waals surface area contributed by atoms with Crippen molar-refractivity contribution >= 4 is 6.03 Å². The second kappa shape index (κ2) is 5.35. The van der Waals surface area contributed by atoms with Gasteiger partial charge in [-0.1, -0.05) is 0 Å². The molecule has 2 aliphatic rings. The molecule has 0 aromatic carbocycles. The molecule has 86 valence electrons. The zero-order chi connectivity index (χ0) is 10.5. The normalized spacial score (nSPS) is 26.7. The van der Waals surface area contributed by atoms with Crippen molar-refractivity contribution in [1.82, 2.24) is 15.5 Å². The molecule has 2 rings (SSSR count). The van der Waals surface area contributed by atoms with Crippen LogP contribution in [0.5, 0.6) is 0 Å². The zero-order valence-electron chi connectivity index (χ0n) is 9.30. The molecule has 15 heavy (non-hydrogen) atoms. The van der Waals surface area contributed by atoms with E-state index in [4.69, 9.17) is 0 Å². The van der Waals surface area contributed by atoms with Crippen LogP contribution in [0, 0.1) is 5.92 Å². The summed E-state index contributed by atoms with van der Waals surface area (Å²) in [5.74, 6) is 0.638. The van der Waals surface area contributed by atoms with Crippen molar-refractivity contribution in [2.75, 3.05) is 32.7 Å². The van der Waals surface area contributed by atoms with Crippen molar-refractivity contribution in [2.45, 2.75) is 25.7 Å². The number of amides is 2. The van der Waals surface area contributed by atoms with E-state index in [9.17, 15) is 4.79 Å². The lowest BCUT2D eigenvalue weighted by Gasteiger charge is -2.27. The SMILES string of the molecule is O=C(NCC1CCNC1)N1CCCCC1. The molecule has 4 heteroatoms. The molecule has 1 atom stereocenters. The number of hydrogen-bond acceptors (Lipinski definition) is 2. The van der Waals surface area contributed by atoms with Crippen molar-refractivity contribution in [3.8, 4) is 0 Å². The summed E-state index contributed by atoms with van der Waals surface area (Å²) in [6.45, 7) is 4.87. The minimum Gasteiger partial charge on any atom is -0.338 e. The van der Waals surface area contributed by atoms with E-state index in [1.807, 2.05) is 4.90 Å². The highest BCUT2D eigenvalue weighted by molar-refractivity contribution is 5.74. The van der Waals surface area contributed by atoms with Crippen molar-refractivity contribution in [3.63, 3.8) is 0 Å². The van der Waals surface area contributed by atoms with Gasteiger partial charge in [-0.25, -0.2) is 4.79 Å². The van der Waals surface area contributed by atoms with Crippen molar-refractivity contribution in [2.24, 2.45) is 5.92 Å². The lowest BCUT2D eigenvalue weighted by molar-refractivity contribution is 0.185. The Balaban J connectivity index is 1.66. The number of urea groups is 1. The first kappa shape index (κ1) is 10.7. The molecule has 2 fully saturated rings. The molecule has 0 aromatic rings. The molecule has 2 heterocycles. The monoisotopic (exact) mass is 211 g/mol. The first-order valence-corrected chi connectivity index (χ1v) is 6.10. The Kier molecular flexibility index (Phi) is 3.83. The second-order valence-corrected chi connectivity index (χ2v) is 4.59. The molecule has 0 saturated carbocycles. The molecule has 0 aliphatic carbocycles. The lowest BCUT2D eigenvalue weighted by Crippen LogP contribution is -2.44. The summed E-state index contributed by atoms with van der Waals surface area (Å²) in [7, 11) is 0. The number of nitrogens with zero attached hydrogens (tertiary/aromatic N) is 1. The predicted octanol–water partition coefficient (Wildman–Crippen LogP) is 0.791. The maximum absolute atomic E-state index is 11.7. The molecule has 0 spiro atoms. The molecule has 2 aliphatic heterocycles. The van der Waals surface area contributed by atoms with Gasteiger partial charge in [0.2, 0.25) is 0 Å². The fourth-order valence-corrected chi connectivity index (χ4v) is 2.33. The summed E-state index contributed by atoms with van der Waals surface area (Å²) in [5.41, 5.74) is 0. The minimum absolute atomic E-state index is 0.140. The topological polar surface area (TPSA) is 44.4 Å². The average Bonchev–Trinajstić information content (AvgIpc) is 2.80. The van der Waals surface area contributed by atoms with Crippen molar-refractivity contribution in [1.29, 1.82) is 0 Å². The molecule has 1 unspecified atom stereocenters. The second-order valence-electron chi connectivity index (χ2n) is 4.59. The maximum Gasteiger partial charge on any atom is 0.317 e.